The van der Waals surface area contributed by atoms with Crippen molar-refractivity contribution in [2.45, 2.75) is 25.8 Å². The predicted octanol–water partition coefficient (Wildman–Crippen LogP) is 4.31. The van der Waals surface area contributed by atoms with Crippen LogP contribution in [0.1, 0.15) is 31.4 Å². The molecular weight excluding hydrogens is 284 g/mol. The van der Waals surface area contributed by atoms with Gasteiger partial charge in [-0.1, -0.05) is 36.4 Å². The third-order valence-corrected chi connectivity index (χ3v) is 4.80. The highest BCUT2D eigenvalue weighted by Gasteiger charge is 2.28. The molecule has 0 spiro atoms. The summed E-state index contributed by atoms with van der Waals surface area (Å²) in [6.45, 7) is 3.01. The van der Waals surface area contributed by atoms with E-state index in [1.807, 2.05) is 11.0 Å². The SMILES string of the molecule is CC(c1cn(-c2ccccc2)c2ccccc12)N1CCCC1=O. The Kier molecular flexibility index (Phi) is 3.41. The Morgan fingerprint density at radius 2 is 1.74 bits per heavy atom. The van der Waals surface area contributed by atoms with Crippen molar-refractivity contribution in [3.05, 3.63) is 66.4 Å². The summed E-state index contributed by atoms with van der Waals surface area (Å²) in [4.78, 5) is 14.1. The van der Waals surface area contributed by atoms with Crippen molar-refractivity contribution < 1.29 is 4.79 Å². The highest BCUT2D eigenvalue weighted by Crippen LogP contribution is 2.33. The van der Waals surface area contributed by atoms with Crippen molar-refractivity contribution in [2.24, 2.45) is 0 Å². The molecule has 1 aliphatic heterocycles. The zero-order chi connectivity index (χ0) is 15.8. The van der Waals surface area contributed by atoms with Crippen LogP contribution in [0.3, 0.4) is 0 Å². The zero-order valence-corrected chi connectivity index (χ0v) is 13.3. The quantitative estimate of drug-likeness (QED) is 0.707. The van der Waals surface area contributed by atoms with E-state index < -0.39 is 0 Å². The van der Waals surface area contributed by atoms with E-state index in [0.717, 1.165) is 18.7 Å². The summed E-state index contributed by atoms with van der Waals surface area (Å²) in [6, 6.07) is 18.9. The first kappa shape index (κ1) is 14.1. The van der Waals surface area contributed by atoms with Crippen LogP contribution < -0.4 is 0 Å². The number of hydrogen-bond donors (Lipinski definition) is 0. The van der Waals surface area contributed by atoms with Crippen molar-refractivity contribution in [3.8, 4) is 5.69 Å². The minimum atomic E-state index is 0.111. The number of aromatic nitrogens is 1. The summed E-state index contributed by atoms with van der Waals surface area (Å²) in [5, 5.41) is 1.23. The first-order chi connectivity index (χ1) is 11.3. The molecular formula is C20H20N2O. The Bertz CT molecular complexity index is 850. The summed E-state index contributed by atoms with van der Waals surface area (Å²) < 4.78 is 2.22. The molecule has 2 heterocycles. The molecule has 3 nitrogen and oxygen atoms in total. The molecule has 4 rings (SSSR count). The summed E-state index contributed by atoms with van der Waals surface area (Å²) in [7, 11) is 0. The van der Waals surface area contributed by atoms with Crippen LogP contribution in [0.2, 0.25) is 0 Å². The van der Waals surface area contributed by atoms with Crippen molar-refractivity contribution >= 4 is 16.8 Å². The van der Waals surface area contributed by atoms with Gasteiger partial charge in [-0.3, -0.25) is 4.79 Å². The number of benzene rings is 2. The van der Waals surface area contributed by atoms with E-state index in [-0.39, 0.29) is 11.9 Å². The molecule has 1 unspecified atom stereocenters. The molecule has 23 heavy (non-hydrogen) atoms. The van der Waals surface area contributed by atoms with Crippen molar-refractivity contribution in [2.75, 3.05) is 6.54 Å². The monoisotopic (exact) mass is 304 g/mol. The van der Waals surface area contributed by atoms with Crippen molar-refractivity contribution in [3.63, 3.8) is 0 Å². The molecule has 1 atom stereocenters. The molecule has 1 fully saturated rings. The number of amides is 1. The van der Waals surface area contributed by atoms with E-state index in [1.54, 1.807) is 0 Å². The molecule has 3 aromatic rings. The van der Waals surface area contributed by atoms with E-state index in [9.17, 15) is 4.79 Å². The summed E-state index contributed by atoms with van der Waals surface area (Å²) >= 11 is 0. The molecule has 1 amide bonds. The molecule has 1 aliphatic rings. The highest BCUT2D eigenvalue weighted by atomic mass is 16.2. The summed E-state index contributed by atoms with van der Waals surface area (Å²) in [6.07, 6.45) is 3.85. The van der Waals surface area contributed by atoms with Gasteiger partial charge in [0, 0.05) is 35.8 Å². The number of likely N-dealkylation sites (tertiary alicyclic amines) is 1. The minimum Gasteiger partial charge on any atom is -0.336 e. The first-order valence-corrected chi connectivity index (χ1v) is 8.20. The van der Waals surface area contributed by atoms with Crippen LogP contribution in [0.5, 0.6) is 0 Å². The Balaban J connectivity index is 1.86. The Labute approximate surface area is 136 Å². The number of hydrogen-bond acceptors (Lipinski definition) is 1. The number of carbonyl (C=O) groups is 1. The van der Waals surface area contributed by atoms with E-state index in [1.165, 1.54) is 16.5 Å². The molecule has 3 heteroatoms. The number of carbonyl (C=O) groups excluding carboxylic acids is 1. The fourth-order valence-electron chi connectivity index (χ4n) is 3.59. The lowest BCUT2D eigenvalue weighted by molar-refractivity contribution is -0.129. The lowest BCUT2D eigenvalue weighted by Crippen LogP contribution is -2.27. The zero-order valence-electron chi connectivity index (χ0n) is 13.3. The molecule has 0 radical (unpaired) electrons. The van der Waals surface area contributed by atoms with Crippen molar-refractivity contribution in [1.29, 1.82) is 0 Å². The largest absolute Gasteiger partial charge is 0.336 e. The molecule has 2 aromatic carbocycles. The third-order valence-electron chi connectivity index (χ3n) is 4.80. The predicted molar refractivity (Wildman–Crippen MR) is 92.6 cm³/mol. The van der Waals surface area contributed by atoms with Gasteiger partial charge in [-0.2, -0.15) is 0 Å². The van der Waals surface area contributed by atoms with Crippen molar-refractivity contribution in [1.82, 2.24) is 9.47 Å². The maximum atomic E-state index is 12.1. The van der Waals surface area contributed by atoms with E-state index in [2.05, 4.69) is 66.2 Å². The highest BCUT2D eigenvalue weighted by molar-refractivity contribution is 5.87. The van der Waals surface area contributed by atoms with Crippen LogP contribution in [0, 0.1) is 0 Å². The molecule has 116 valence electrons. The smallest absolute Gasteiger partial charge is 0.223 e. The van der Waals surface area contributed by atoms with Crippen LogP contribution in [-0.2, 0) is 4.79 Å². The average Bonchev–Trinajstić information content (AvgIpc) is 3.19. The fraction of sp³-hybridized carbons (Fsp3) is 0.250. The number of rotatable bonds is 3. The van der Waals surface area contributed by atoms with Gasteiger partial charge in [-0.25, -0.2) is 0 Å². The second-order valence-corrected chi connectivity index (χ2v) is 6.17. The van der Waals surface area contributed by atoms with Crippen LogP contribution >= 0.6 is 0 Å². The summed E-state index contributed by atoms with van der Waals surface area (Å²) in [5.74, 6) is 0.272. The van der Waals surface area contributed by atoms with Gasteiger partial charge in [0.25, 0.3) is 0 Å². The van der Waals surface area contributed by atoms with E-state index in [0.29, 0.717) is 6.42 Å². The topological polar surface area (TPSA) is 25.2 Å². The number of fused-ring (bicyclic) bond motifs is 1. The molecule has 0 aliphatic carbocycles. The van der Waals surface area contributed by atoms with E-state index in [4.69, 9.17) is 0 Å². The van der Waals surface area contributed by atoms with Gasteiger partial charge in [-0.15, -0.1) is 0 Å². The third kappa shape index (κ3) is 2.33. The molecule has 1 saturated heterocycles. The fourth-order valence-corrected chi connectivity index (χ4v) is 3.59. The maximum absolute atomic E-state index is 12.1. The van der Waals surface area contributed by atoms with Crippen LogP contribution in [-0.4, -0.2) is 21.9 Å². The number of nitrogens with zero attached hydrogens (tertiary/aromatic N) is 2. The summed E-state index contributed by atoms with van der Waals surface area (Å²) in [5.41, 5.74) is 3.56. The second kappa shape index (κ2) is 5.58. The molecule has 0 bridgehead atoms. The van der Waals surface area contributed by atoms with Gasteiger partial charge in [0.2, 0.25) is 5.91 Å². The Morgan fingerprint density at radius 1 is 1.00 bits per heavy atom. The van der Waals surface area contributed by atoms with E-state index >= 15 is 0 Å². The second-order valence-electron chi connectivity index (χ2n) is 6.17. The number of para-hydroxylation sites is 2. The van der Waals surface area contributed by atoms with Crippen LogP contribution in [0.15, 0.2) is 60.8 Å². The van der Waals surface area contributed by atoms with Gasteiger partial charge in [0.1, 0.15) is 0 Å². The standard InChI is InChI=1S/C20H20N2O/c1-15(21-13-7-12-20(21)23)18-14-22(16-8-3-2-4-9-16)19-11-6-5-10-17(18)19/h2-6,8-11,14-15H,7,12-13H2,1H3. The lowest BCUT2D eigenvalue weighted by Gasteiger charge is -2.24. The molecule has 0 saturated carbocycles. The van der Waals surface area contributed by atoms with Gasteiger partial charge in [0.05, 0.1) is 11.6 Å². The molecule has 1 aromatic heterocycles. The van der Waals surface area contributed by atoms with Gasteiger partial charge >= 0.3 is 0 Å². The normalized spacial score (nSPS) is 16.2. The first-order valence-electron chi connectivity index (χ1n) is 8.20. The van der Waals surface area contributed by atoms with Gasteiger partial charge in [0.15, 0.2) is 0 Å². The van der Waals surface area contributed by atoms with Gasteiger partial charge in [-0.05, 0) is 31.5 Å². The molecule has 0 N–H and O–H groups in total. The maximum Gasteiger partial charge on any atom is 0.223 e. The minimum absolute atomic E-state index is 0.111. The van der Waals surface area contributed by atoms with Gasteiger partial charge < -0.3 is 9.47 Å². The van der Waals surface area contributed by atoms with Crippen LogP contribution in [0.25, 0.3) is 16.6 Å². The Hall–Kier alpha value is -2.55. The Morgan fingerprint density at radius 3 is 2.48 bits per heavy atom. The van der Waals surface area contributed by atoms with Crippen LogP contribution in [0.4, 0.5) is 0 Å². The lowest BCUT2D eigenvalue weighted by atomic mass is 10.1. The average molecular weight is 304 g/mol.